The summed E-state index contributed by atoms with van der Waals surface area (Å²) in [6.07, 6.45) is 5.19. The SMILES string of the molecule is CC(C)Oc1cccc(C2(O)CCCC(C)(C)CC2)c1. The largest absolute Gasteiger partial charge is 0.491 e. The van der Waals surface area contributed by atoms with Gasteiger partial charge in [0.25, 0.3) is 0 Å². The van der Waals surface area contributed by atoms with Crippen molar-refractivity contribution in [2.45, 2.75) is 71.5 Å². The smallest absolute Gasteiger partial charge is 0.120 e. The monoisotopic (exact) mass is 276 g/mol. The first-order valence-electron chi connectivity index (χ1n) is 7.80. The number of hydrogen-bond acceptors (Lipinski definition) is 2. The van der Waals surface area contributed by atoms with Crippen LogP contribution < -0.4 is 4.74 Å². The topological polar surface area (TPSA) is 29.5 Å². The molecule has 0 heterocycles. The zero-order valence-corrected chi connectivity index (χ0v) is 13.3. The Morgan fingerprint density at radius 2 is 1.85 bits per heavy atom. The second-order valence-electron chi connectivity index (χ2n) is 7.24. The van der Waals surface area contributed by atoms with Crippen molar-refractivity contribution in [3.63, 3.8) is 0 Å². The number of aliphatic hydroxyl groups is 1. The van der Waals surface area contributed by atoms with E-state index in [1.807, 2.05) is 38.1 Å². The van der Waals surface area contributed by atoms with E-state index in [0.29, 0.717) is 5.41 Å². The van der Waals surface area contributed by atoms with E-state index in [1.165, 1.54) is 6.42 Å². The molecule has 1 aromatic rings. The minimum atomic E-state index is -0.690. The number of hydrogen-bond donors (Lipinski definition) is 1. The van der Waals surface area contributed by atoms with Gasteiger partial charge in [-0.1, -0.05) is 26.0 Å². The van der Waals surface area contributed by atoms with Gasteiger partial charge < -0.3 is 9.84 Å². The van der Waals surface area contributed by atoms with Crippen molar-refractivity contribution < 1.29 is 9.84 Å². The minimum absolute atomic E-state index is 0.160. The van der Waals surface area contributed by atoms with Crippen molar-refractivity contribution in [1.29, 1.82) is 0 Å². The van der Waals surface area contributed by atoms with Crippen LogP contribution in [-0.4, -0.2) is 11.2 Å². The third-order valence-corrected chi connectivity index (χ3v) is 4.40. The summed E-state index contributed by atoms with van der Waals surface area (Å²) in [4.78, 5) is 0. The molecule has 1 atom stereocenters. The van der Waals surface area contributed by atoms with Gasteiger partial charge in [-0.3, -0.25) is 0 Å². The summed E-state index contributed by atoms with van der Waals surface area (Å²) in [6, 6.07) is 8.00. The van der Waals surface area contributed by atoms with E-state index in [9.17, 15) is 5.11 Å². The molecule has 1 N–H and O–H groups in total. The Kier molecular flexibility index (Phi) is 4.43. The Bertz CT molecular complexity index is 450. The van der Waals surface area contributed by atoms with E-state index >= 15 is 0 Å². The van der Waals surface area contributed by atoms with E-state index in [0.717, 1.165) is 37.0 Å². The van der Waals surface area contributed by atoms with Crippen molar-refractivity contribution in [2.75, 3.05) is 0 Å². The molecule has 112 valence electrons. The van der Waals surface area contributed by atoms with Crippen LogP contribution in [0.4, 0.5) is 0 Å². The van der Waals surface area contributed by atoms with E-state index in [2.05, 4.69) is 13.8 Å². The zero-order chi connectivity index (χ0) is 14.8. The molecular formula is C18H28O2. The predicted molar refractivity (Wildman–Crippen MR) is 83.0 cm³/mol. The van der Waals surface area contributed by atoms with E-state index < -0.39 is 5.60 Å². The van der Waals surface area contributed by atoms with Crippen molar-refractivity contribution >= 4 is 0 Å². The lowest BCUT2D eigenvalue weighted by atomic mass is 9.82. The molecule has 0 saturated heterocycles. The maximum absolute atomic E-state index is 11.1. The van der Waals surface area contributed by atoms with Crippen LogP contribution in [-0.2, 0) is 5.60 Å². The predicted octanol–water partition coefficient (Wildman–Crippen LogP) is 4.65. The van der Waals surface area contributed by atoms with E-state index in [4.69, 9.17) is 4.74 Å². The first-order valence-corrected chi connectivity index (χ1v) is 7.80. The van der Waals surface area contributed by atoms with Crippen LogP contribution in [0.5, 0.6) is 5.75 Å². The molecule has 20 heavy (non-hydrogen) atoms. The quantitative estimate of drug-likeness (QED) is 0.814. The Labute approximate surface area is 123 Å². The van der Waals surface area contributed by atoms with Crippen molar-refractivity contribution in [2.24, 2.45) is 5.41 Å². The van der Waals surface area contributed by atoms with Crippen LogP contribution in [0.2, 0.25) is 0 Å². The molecule has 0 amide bonds. The van der Waals surface area contributed by atoms with E-state index in [1.54, 1.807) is 0 Å². The lowest BCUT2D eigenvalue weighted by Gasteiger charge is -2.29. The van der Waals surface area contributed by atoms with Crippen LogP contribution in [0, 0.1) is 5.41 Å². The third-order valence-electron chi connectivity index (χ3n) is 4.40. The van der Waals surface area contributed by atoms with Crippen LogP contribution in [0.3, 0.4) is 0 Å². The van der Waals surface area contributed by atoms with Gasteiger partial charge in [-0.2, -0.15) is 0 Å². The van der Waals surface area contributed by atoms with Crippen LogP contribution in [0.1, 0.15) is 65.4 Å². The average Bonchev–Trinajstić information content (AvgIpc) is 2.49. The molecule has 2 heteroatoms. The standard InChI is InChI=1S/C18H28O2/c1-14(2)20-16-8-5-7-15(13-16)18(19)10-6-9-17(3,4)11-12-18/h5,7-8,13-14,19H,6,9-12H2,1-4H3. The highest BCUT2D eigenvalue weighted by Crippen LogP contribution is 2.43. The second kappa shape index (κ2) is 5.77. The van der Waals surface area contributed by atoms with Crippen LogP contribution in [0.25, 0.3) is 0 Å². The van der Waals surface area contributed by atoms with Gasteiger partial charge in [0.15, 0.2) is 0 Å². The van der Waals surface area contributed by atoms with Crippen LogP contribution >= 0.6 is 0 Å². The molecule has 0 aromatic heterocycles. The third kappa shape index (κ3) is 3.76. The zero-order valence-electron chi connectivity index (χ0n) is 13.3. The van der Waals surface area contributed by atoms with Gasteiger partial charge in [-0.15, -0.1) is 0 Å². The molecule has 1 aliphatic carbocycles. The Morgan fingerprint density at radius 1 is 1.10 bits per heavy atom. The summed E-state index contributed by atoms with van der Waals surface area (Å²) in [6.45, 7) is 8.65. The number of ether oxygens (including phenoxy) is 1. The molecule has 0 radical (unpaired) electrons. The highest BCUT2D eigenvalue weighted by Gasteiger charge is 2.35. The fraction of sp³-hybridized carbons (Fsp3) is 0.667. The molecular weight excluding hydrogens is 248 g/mol. The fourth-order valence-corrected chi connectivity index (χ4v) is 3.07. The number of rotatable bonds is 3. The first-order chi connectivity index (χ1) is 9.31. The fourth-order valence-electron chi connectivity index (χ4n) is 3.07. The second-order valence-corrected chi connectivity index (χ2v) is 7.24. The summed E-state index contributed by atoms with van der Waals surface area (Å²) in [7, 11) is 0. The summed E-state index contributed by atoms with van der Waals surface area (Å²) in [5, 5.41) is 11.1. The minimum Gasteiger partial charge on any atom is -0.491 e. The maximum atomic E-state index is 11.1. The van der Waals surface area contributed by atoms with Gasteiger partial charge in [0.1, 0.15) is 5.75 Å². The normalized spacial score (nSPS) is 26.3. The molecule has 0 bridgehead atoms. The van der Waals surface area contributed by atoms with Crippen molar-refractivity contribution in [3.8, 4) is 5.75 Å². The maximum Gasteiger partial charge on any atom is 0.120 e. The molecule has 2 nitrogen and oxygen atoms in total. The molecule has 1 aliphatic rings. The van der Waals surface area contributed by atoms with E-state index in [-0.39, 0.29) is 6.10 Å². The summed E-state index contributed by atoms with van der Waals surface area (Å²) < 4.78 is 5.75. The van der Waals surface area contributed by atoms with Gasteiger partial charge in [0, 0.05) is 0 Å². The Morgan fingerprint density at radius 3 is 2.55 bits per heavy atom. The summed E-state index contributed by atoms with van der Waals surface area (Å²) in [5.74, 6) is 0.856. The highest BCUT2D eigenvalue weighted by molar-refractivity contribution is 5.32. The molecule has 0 spiro atoms. The molecule has 2 rings (SSSR count). The molecule has 1 saturated carbocycles. The van der Waals surface area contributed by atoms with Crippen molar-refractivity contribution in [3.05, 3.63) is 29.8 Å². The van der Waals surface area contributed by atoms with Gasteiger partial charge in [0.05, 0.1) is 11.7 Å². The highest BCUT2D eigenvalue weighted by atomic mass is 16.5. The summed E-state index contributed by atoms with van der Waals surface area (Å²) >= 11 is 0. The van der Waals surface area contributed by atoms with Gasteiger partial charge in [-0.05, 0) is 69.1 Å². The molecule has 1 fully saturated rings. The lowest BCUT2D eigenvalue weighted by Crippen LogP contribution is -2.25. The van der Waals surface area contributed by atoms with Crippen LogP contribution in [0.15, 0.2) is 24.3 Å². The number of benzene rings is 1. The van der Waals surface area contributed by atoms with Gasteiger partial charge in [-0.25, -0.2) is 0 Å². The molecule has 0 aliphatic heterocycles. The van der Waals surface area contributed by atoms with Crippen molar-refractivity contribution in [1.82, 2.24) is 0 Å². The lowest BCUT2D eigenvalue weighted by molar-refractivity contribution is 0.0177. The first kappa shape index (κ1) is 15.4. The Hall–Kier alpha value is -1.02. The van der Waals surface area contributed by atoms with Gasteiger partial charge in [0.2, 0.25) is 0 Å². The summed E-state index contributed by atoms with van der Waals surface area (Å²) in [5.41, 5.74) is 0.661. The Balaban J connectivity index is 2.21. The average molecular weight is 276 g/mol. The molecule has 1 unspecified atom stereocenters. The van der Waals surface area contributed by atoms with Gasteiger partial charge >= 0.3 is 0 Å². The molecule has 1 aromatic carbocycles.